The molecule has 0 amide bonds. The molecule has 2 heteroatoms. The topological polar surface area (TPSA) is 3.24 Å². The third-order valence-corrected chi connectivity index (χ3v) is 4.01. The molecule has 0 bridgehead atoms. The molecule has 1 aliphatic rings. The van der Waals surface area contributed by atoms with Crippen LogP contribution in [-0.4, -0.2) is 23.5 Å². The van der Waals surface area contributed by atoms with Crippen LogP contribution < -0.4 is 0 Å². The van der Waals surface area contributed by atoms with Gasteiger partial charge in [-0.3, -0.25) is 4.90 Å². The van der Waals surface area contributed by atoms with Gasteiger partial charge in [-0.05, 0) is 38.0 Å². The summed E-state index contributed by atoms with van der Waals surface area (Å²) in [6.45, 7) is 8.33. The van der Waals surface area contributed by atoms with E-state index in [2.05, 4.69) is 37.5 Å². The molecule has 0 atom stereocenters. The van der Waals surface area contributed by atoms with Crippen LogP contribution in [-0.2, 0) is 0 Å². The van der Waals surface area contributed by atoms with Gasteiger partial charge in [-0.25, -0.2) is 0 Å². The average molecular weight is 254 g/mol. The van der Waals surface area contributed by atoms with E-state index < -0.39 is 0 Å². The van der Waals surface area contributed by atoms with Gasteiger partial charge in [0.1, 0.15) is 0 Å². The molecular formula is C15H24ClN. The predicted octanol–water partition coefficient (Wildman–Crippen LogP) is 3.34. The van der Waals surface area contributed by atoms with Crippen LogP contribution in [0.3, 0.4) is 0 Å². The SMILES string of the molecule is C#CCN(CC#C)C1(C)CCC(C)(C)CC1.Cl. The van der Waals surface area contributed by atoms with Crippen molar-refractivity contribution in [1.82, 2.24) is 4.90 Å². The van der Waals surface area contributed by atoms with Crippen molar-refractivity contribution < 1.29 is 0 Å². The van der Waals surface area contributed by atoms with Gasteiger partial charge >= 0.3 is 0 Å². The van der Waals surface area contributed by atoms with Gasteiger partial charge in [0.25, 0.3) is 0 Å². The van der Waals surface area contributed by atoms with E-state index in [1.807, 2.05) is 0 Å². The first kappa shape index (κ1) is 16.4. The number of rotatable bonds is 3. The van der Waals surface area contributed by atoms with Crippen molar-refractivity contribution >= 4 is 12.4 Å². The van der Waals surface area contributed by atoms with Crippen molar-refractivity contribution in [3.05, 3.63) is 0 Å². The van der Waals surface area contributed by atoms with E-state index >= 15 is 0 Å². The van der Waals surface area contributed by atoms with Crippen LogP contribution in [0.2, 0.25) is 0 Å². The van der Waals surface area contributed by atoms with Crippen LogP contribution in [0.5, 0.6) is 0 Å². The molecule has 0 aromatic heterocycles. The molecule has 1 saturated carbocycles. The maximum Gasteiger partial charge on any atom is 0.0612 e. The van der Waals surface area contributed by atoms with Gasteiger partial charge in [-0.1, -0.05) is 25.7 Å². The van der Waals surface area contributed by atoms with E-state index in [1.54, 1.807) is 0 Å². The summed E-state index contributed by atoms with van der Waals surface area (Å²) < 4.78 is 0. The van der Waals surface area contributed by atoms with Crippen molar-refractivity contribution in [2.45, 2.75) is 52.0 Å². The number of terminal acetylenes is 2. The van der Waals surface area contributed by atoms with Gasteiger partial charge in [0, 0.05) is 5.54 Å². The minimum absolute atomic E-state index is 0. The summed E-state index contributed by atoms with van der Waals surface area (Å²) in [5.74, 6) is 5.45. The molecular weight excluding hydrogens is 230 g/mol. The predicted molar refractivity (Wildman–Crippen MR) is 77.1 cm³/mol. The van der Waals surface area contributed by atoms with Crippen molar-refractivity contribution in [3.8, 4) is 24.7 Å². The Balaban J connectivity index is 0.00000256. The summed E-state index contributed by atoms with van der Waals surface area (Å²) in [5.41, 5.74) is 0.686. The second-order valence-corrected chi connectivity index (χ2v) is 5.93. The lowest BCUT2D eigenvalue weighted by Gasteiger charge is -2.47. The van der Waals surface area contributed by atoms with Crippen molar-refractivity contribution in [3.63, 3.8) is 0 Å². The van der Waals surface area contributed by atoms with E-state index in [4.69, 9.17) is 12.8 Å². The number of nitrogens with zero attached hydrogens (tertiary/aromatic N) is 1. The monoisotopic (exact) mass is 253 g/mol. The maximum atomic E-state index is 5.42. The Labute approximate surface area is 113 Å². The van der Waals surface area contributed by atoms with Crippen LogP contribution in [0, 0.1) is 30.1 Å². The normalized spacial score (nSPS) is 21.1. The summed E-state index contributed by atoms with van der Waals surface area (Å²) in [6.07, 6.45) is 15.8. The van der Waals surface area contributed by atoms with E-state index in [-0.39, 0.29) is 17.9 Å². The quantitative estimate of drug-likeness (QED) is 0.698. The zero-order valence-corrected chi connectivity index (χ0v) is 12.1. The molecule has 1 nitrogen and oxygen atoms in total. The lowest BCUT2D eigenvalue weighted by Crippen LogP contribution is -2.50. The van der Waals surface area contributed by atoms with Gasteiger partial charge in [0.05, 0.1) is 13.1 Å². The first-order valence-electron chi connectivity index (χ1n) is 6.05. The van der Waals surface area contributed by atoms with Crippen LogP contribution >= 0.6 is 12.4 Å². The molecule has 0 aliphatic heterocycles. The Bertz CT molecular complexity index is 293. The molecule has 1 aliphatic carbocycles. The van der Waals surface area contributed by atoms with Gasteiger partial charge in [0.15, 0.2) is 0 Å². The van der Waals surface area contributed by atoms with Gasteiger partial charge in [-0.2, -0.15) is 0 Å². The largest absolute Gasteiger partial charge is 0.276 e. The third kappa shape index (κ3) is 4.27. The fourth-order valence-corrected chi connectivity index (χ4v) is 2.44. The van der Waals surface area contributed by atoms with Crippen LogP contribution in [0.1, 0.15) is 46.5 Å². The molecule has 1 fully saturated rings. The highest BCUT2D eigenvalue weighted by atomic mass is 35.5. The zero-order chi connectivity index (χ0) is 12.2. The third-order valence-electron chi connectivity index (χ3n) is 4.01. The summed E-state index contributed by atoms with van der Waals surface area (Å²) in [7, 11) is 0. The molecule has 0 unspecified atom stereocenters. The Morgan fingerprint density at radius 2 is 1.35 bits per heavy atom. The smallest absolute Gasteiger partial charge is 0.0612 e. The number of halogens is 1. The molecule has 17 heavy (non-hydrogen) atoms. The fourth-order valence-electron chi connectivity index (χ4n) is 2.44. The molecule has 0 N–H and O–H groups in total. The highest BCUT2D eigenvalue weighted by Crippen LogP contribution is 2.42. The molecule has 1 rings (SSSR count). The summed E-state index contributed by atoms with van der Waals surface area (Å²) >= 11 is 0. The van der Waals surface area contributed by atoms with Gasteiger partial charge in [-0.15, -0.1) is 25.3 Å². The lowest BCUT2D eigenvalue weighted by molar-refractivity contribution is 0.0499. The van der Waals surface area contributed by atoms with Crippen molar-refractivity contribution in [1.29, 1.82) is 0 Å². The molecule has 0 aromatic rings. The first-order chi connectivity index (χ1) is 7.43. The summed E-state index contributed by atoms with van der Waals surface area (Å²) in [6, 6.07) is 0. The van der Waals surface area contributed by atoms with E-state index in [0.29, 0.717) is 18.5 Å². The average Bonchev–Trinajstić information content (AvgIpc) is 2.23. The standard InChI is InChI=1S/C15H23N.ClH/c1-6-12-16(13-7-2)15(5)10-8-14(3,4)9-11-15;/h1-2H,8-13H2,3-5H3;1H. The van der Waals surface area contributed by atoms with Crippen molar-refractivity contribution in [2.24, 2.45) is 5.41 Å². The summed E-state index contributed by atoms with van der Waals surface area (Å²) in [4.78, 5) is 2.28. The van der Waals surface area contributed by atoms with Crippen LogP contribution in [0.4, 0.5) is 0 Å². The van der Waals surface area contributed by atoms with Gasteiger partial charge < -0.3 is 0 Å². The first-order valence-corrected chi connectivity index (χ1v) is 6.05. The van der Waals surface area contributed by atoms with Crippen LogP contribution in [0.25, 0.3) is 0 Å². The Kier molecular flexibility index (Phi) is 6.11. The highest BCUT2D eigenvalue weighted by molar-refractivity contribution is 5.85. The number of hydrogen-bond donors (Lipinski definition) is 0. The van der Waals surface area contributed by atoms with E-state index in [1.165, 1.54) is 25.7 Å². The Morgan fingerprint density at radius 3 is 1.71 bits per heavy atom. The second kappa shape index (κ2) is 6.34. The molecule has 0 aromatic carbocycles. The minimum Gasteiger partial charge on any atom is -0.276 e. The molecule has 0 radical (unpaired) electrons. The summed E-state index contributed by atoms with van der Waals surface area (Å²) in [5, 5.41) is 0. The molecule has 96 valence electrons. The van der Waals surface area contributed by atoms with Crippen molar-refractivity contribution in [2.75, 3.05) is 13.1 Å². The minimum atomic E-state index is 0. The maximum absolute atomic E-state index is 5.42. The van der Waals surface area contributed by atoms with Gasteiger partial charge in [0.2, 0.25) is 0 Å². The Hall–Kier alpha value is -0.630. The zero-order valence-electron chi connectivity index (χ0n) is 11.3. The molecule has 0 heterocycles. The second-order valence-electron chi connectivity index (χ2n) is 5.93. The van der Waals surface area contributed by atoms with E-state index in [0.717, 1.165) is 0 Å². The van der Waals surface area contributed by atoms with E-state index in [9.17, 15) is 0 Å². The molecule has 0 spiro atoms. The Morgan fingerprint density at radius 1 is 0.941 bits per heavy atom. The molecule has 0 saturated heterocycles. The van der Waals surface area contributed by atoms with Crippen LogP contribution in [0.15, 0.2) is 0 Å². The lowest BCUT2D eigenvalue weighted by atomic mass is 9.69. The highest BCUT2D eigenvalue weighted by Gasteiger charge is 2.38. The fraction of sp³-hybridized carbons (Fsp3) is 0.733. The number of hydrogen-bond acceptors (Lipinski definition) is 1.